The Bertz CT molecular complexity index is 418. The van der Waals surface area contributed by atoms with Crippen molar-refractivity contribution >= 4 is 27.5 Å². The second-order valence-electron chi connectivity index (χ2n) is 3.74. The van der Waals surface area contributed by atoms with Gasteiger partial charge in [-0.1, -0.05) is 0 Å². The van der Waals surface area contributed by atoms with Gasteiger partial charge in [-0.05, 0) is 47.0 Å². The number of benzene rings is 1. The number of amides is 1. The summed E-state index contributed by atoms with van der Waals surface area (Å²) in [6, 6.07) is 4.30. The second-order valence-corrected chi connectivity index (χ2v) is 4.59. The second kappa shape index (κ2) is 3.57. The zero-order valence-electron chi connectivity index (χ0n) is 7.89. The summed E-state index contributed by atoms with van der Waals surface area (Å²) in [6.45, 7) is 0. The average molecular weight is 273 g/mol. The topological polar surface area (TPSA) is 55.1 Å². The summed E-state index contributed by atoms with van der Waals surface area (Å²) in [5.41, 5.74) is 5.55. The molecule has 80 valence electrons. The van der Waals surface area contributed by atoms with Crippen molar-refractivity contribution in [2.24, 2.45) is 5.73 Å². The lowest BCUT2D eigenvalue weighted by atomic mass is 10.2. The SMILES string of the molecule is NC1(C(=O)Nc2ccc(F)c(Br)c2)CC1. The van der Waals surface area contributed by atoms with Crippen molar-refractivity contribution in [1.82, 2.24) is 0 Å². The Balaban J connectivity index is 2.11. The molecule has 1 aromatic rings. The Morgan fingerprint density at radius 1 is 1.53 bits per heavy atom. The first-order valence-corrected chi connectivity index (χ1v) is 5.36. The molecule has 2 rings (SSSR count). The lowest BCUT2D eigenvalue weighted by Gasteiger charge is -2.10. The van der Waals surface area contributed by atoms with Crippen molar-refractivity contribution in [2.75, 3.05) is 5.32 Å². The first kappa shape index (κ1) is 10.6. The summed E-state index contributed by atoms with van der Waals surface area (Å²) in [4.78, 5) is 11.5. The van der Waals surface area contributed by atoms with Gasteiger partial charge >= 0.3 is 0 Å². The molecule has 3 N–H and O–H groups in total. The van der Waals surface area contributed by atoms with Crippen LogP contribution in [0, 0.1) is 5.82 Å². The van der Waals surface area contributed by atoms with Crippen molar-refractivity contribution in [3.05, 3.63) is 28.5 Å². The molecule has 1 fully saturated rings. The minimum atomic E-state index is -0.707. The number of carbonyl (C=O) groups excluding carboxylic acids is 1. The van der Waals surface area contributed by atoms with Gasteiger partial charge in [0.15, 0.2) is 0 Å². The van der Waals surface area contributed by atoms with Gasteiger partial charge < -0.3 is 11.1 Å². The van der Waals surface area contributed by atoms with E-state index in [1.807, 2.05) is 0 Å². The number of rotatable bonds is 2. The van der Waals surface area contributed by atoms with E-state index in [0.717, 1.165) is 0 Å². The molecular weight excluding hydrogens is 263 g/mol. The maximum absolute atomic E-state index is 12.9. The molecule has 1 aromatic carbocycles. The number of hydrogen-bond donors (Lipinski definition) is 2. The van der Waals surface area contributed by atoms with Crippen LogP contribution in [0.1, 0.15) is 12.8 Å². The van der Waals surface area contributed by atoms with Crippen molar-refractivity contribution in [2.45, 2.75) is 18.4 Å². The van der Waals surface area contributed by atoms with E-state index >= 15 is 0 Å². The van der Waals surface area contributed by atoms with E-state index in [1.165, 1.54) is 18.2 Å². The van der Waals surface area contributed by atoms with Gasteiger partial charge in [-0.2, -0.15) is 0 Å². The van der Waals surface area contributed by atoms with Crippen LogP contribution in [0.3, 0.4) is 0 Å². The number of halogens is 2. The van der Waals surface area contributed by atoms with E-state index in [0.29, 0.717) is 23.0 Å². The number of carbonyl (C=O) groups is 1. The van der Waals surface area contributed by atoms with E-state index in [1.54, 1.807) is 0 Å². The molecule has 0 unspecified atom stereocenters. The molecule has 0 aliphatic heterocycles. The van der Waals surface area contributed by atoms with Crippen LogP contribution in [-0.2, 0) is 4.79 Å². The summed E-state index contributed by atoms with van der Waals surface area (Å²) in [7, 11) is 0. The van der Waals surface area contributed by atoms with E-state index in [9.17, 15) is 9.18 Å². The molecule has 0 heterocycles. The van der Waals surface area contributed by atoms with Crippen LogP contribution in [-0.4, -0.2) is 11.4 Å². The normalized spacial score (nSPS) is 17.3. The molecule has 0 radical (unpaired) electrons. The highest BCUT2D eigenvalue weighted by atomic mass is 79.9. The van der Waals surface area contributed by atoms with Crippen LogP contribution in [0.4, 0.5) is 10.1 Å². The maximum atomic E-state index is 12.9. The summed E-state index contributed by atoms with van der Waals surface area (Å²) in [6.07, 6.45) is 1.42. The van der Waals surface area contributed by atoms with Crippen molar-refractivity contribution in [3.8, 4) is 0 Å². The number of nitrogens with one attached hydrogen (secondary N) is 1. The zero-order valence-corrected chi connectivity index (χ0v) is 9.47. The molecule has 0 atom stereocenters. The van der Waals surface area contributed by atoms with Gasteiger partial charge in [0.2, 0.25) is 5.91 Å². The van der Waals surface area contributed by atoms with Gasteiger partial charge in [-0.25, -0.2) is 4.39 Å². The molecule has 1 aliphatic rings. The van der Waals surface area contributed by atoms with Crippen molar-refractivity contribution in [3.63, 3.8) is 0 Å². The molecule has 0 aromatic heterocycles. The third kappa shape index (κ3) is 2.18. The standard InChI is InChI=1S/C10H10BrFN2O/c11-7-5-6(1-2-8(7)12)14-9(15)10(13)3-4-10/h1-2,5H,3-4,13H2,(H,14,15). The van der Waals surface area contributed by atoms with Crippen LogP contribution < -0.4 is 11.1 Å². The molecule has 15 heavy (non-hydrogen) atoms. The van der Waals surface area contributed by atoms with Crippen LogP contribution in [0.15, 0.2) is 22.7 Å². The molecule has 0 saturated heterocycles. The van der Waals surface area contributed by atoms with Crippen molar-refractivity contribution in [1.29, 1.82) is 0 Å². The molecule has 5 heteroatoms. The summed E-state index contributed by atoms with van der Waals surface area (Å²) < 4.78 is 13.2. The monoisotopic (exact) mass is 272 g/mol. The minimum absolute atomic E-state index is 0.207. The molecule has 1 amide bonds. The Morgan fingerprint density at radius 2 is 2.20 bits per heavy atom. The highest BCUT2D eigenvalue weighted by Gasteiger charge is 2.45. The highest BCUT2D eigenvalue weighted by Crippen LogP contribution is 2.33. The summed E-state index contributed by atoms with van der Waals surface area (Å²) >= 11 is 3.04. The Labute approximate surface area is 95.0 Å². The van der Waals surface area contributed by atoms with Gasteiger partial charge in [-0.3, -0.25) is 4.79 Å². The predicted molar refractivity (Wildman–Crippen MR) is 58.9 cm³/mol. The fraction of sp³-hybridized carbons (Fsp3) is 0.300. The number of hydrogen-bond acceptors (Lipinski definition) is 2. The smallest absolute Gasteiger partial charge is 0.244 e. The van der Waals surface area contributed by atoms with Crippen LogP contribution in [0.2, 0.25) is 0 Å². The Morgan fingerprint density at radius 3 is 2.73 bits per heavy atom. The Kier molecular flexibility index (Phi) is 2.52. The average Bonchev–Trinajstić information content (AvgIpc) is 2.92. The molecule has 3 nitrogen and oxygen atoms in total. The van der Waals surface area contributed by atoms with E-state index < -0.39 is 5.54 Å². The van der Waals surface area contributed by atoms with Gasteiger partial charge in [-0.15, -0.1) is 0 Å². The van der Waals surface area contributed by atoms with Gasteiger partial charge in [0, 0.05) is 5.69 Å². The lowest BCUT2D eigenvalue weighted by Crippen LogP contribution is -2.37. The van der Waals surface area contributed by atoms with Crippen LogP contribution >= 0.6 is 15.9 Å². The molecule has 0 bridgehead atoms. The molecular formula is C10H10BrFN2O. The zero-order chi connectivity index (χ0) is 11.1. The third-order valence-corrected chi connectivity index (χ3v) is 3.03. The largest absolute Gasteiger partial charge is 0.324 e. The molecule has 1 saturated carbocycles. The highest BCUT2D eigenvalue weighted by molar-refractivity contribution is 9.10. The first-order valence-electron chi connectivity index (χ1n) is 4.57. The van der Waals surface area contributed by atoms with Crippen molar-refractivity contribution < 1.29 is 9.18 Å². The summed E-state index contributed by atoms with van der Waals surface area (Å²) in [5.74, 6) is -0.567. The van der Waals surface area contributed by atoms with Gasteiger partial charge in [0.25, 0.3) is 0 Å². The third-order valence-electron chi connectivity index (χ3n) is 2.42. The van der Waals surface area contributed by atoms with E-state index in [2.05, 4.69) is 21.2 Å². The quantitative estimate of drug-likeness (QED) is 0.866. The van der Waals surface area contributed by atoms with E-state index in [-0.39, 0.29) is 11.7 Å². The number of anilines is 1. The molecule has 1 aliphatic carbocycles. The predicted octanol–water partition coefficient (Wildman–Crippen LogP) is 2.02. The fourth-order valence-electron chi connectivity index (χ4n) is 1.19. The van der Waals surface area contributed by atoms with Gasteiger partial charge in [0.05, 0.1) is 10.0 Å². The Hall–Kier alpha value is -0.940. The molecule has 0 spiro atoms. The van der Waals surface area contributed by atoms with Crippen LogP contribution in [0.5, 0.6) is 0 Å². The first-order chi connectivity index (χ1) is 7.01. The number of nitrogens with two attached hydrogens (primary N) is 1. The summed E-state index contributed by atoms with van der Waals surface area (Å²) in [5, 5.41) is 2.65. The maximum Gasteiger partial charge on any atom is 0.244 e. The van der Waals surface area contributed by atoms with Crippen LogP contribution in [0.25, 0.3) is 0 Å². The minimum Gasteiger partial charge on any atom is -0.324 e. The van der Waals surface area contributed by atoms with E-state index in [4.69, 9.17) is 5.73 Å². The fourth-order valence-corrected chi connectivity index (χ4v) is 1.57. The lowest BCUT2D eigenvalue weighted by molar-refractivity contribution is -0.118. The van der Waals surface area contributed by atoms with Gasteiger partial charge in [0.1, 0.15) is 5.82 Å².